The summed E-state index contributed by atoms with van der Waals surface area (Å²) in [4.78, 5) is 5.18. The Kier molecular flexibility index (Phi) is 6.08. The zero-order valence-corrected chi connectivity index (χ0v) is 19.4. The number of para-hydroxylation sites is 2. The SMILES string of the molecule is CCC(C)c1ccc(Cn2c(C(c3ccccc3)c3ccccc3)nc3ccccc32)cc1. The molecule has 0 saturated heterocycles. The molecule has 0 amide bonds. The van der Waals surface area contributed by atoms with E-state index in [0.717, 1.165) is 24.3 Å². The molecule has 0 aliphatic heterocycles. The van der Waals surface area contributed by atoms with E-state index >= 15 is 0 Å². The minimum atomic E-state index is 0.0687. The second kappa shape index (κ2) is 9.46. The number of hydrogen-bond acceptors (Lipinski definition) is 1. The lowest BCUT2D eigenvalue weighted by Gasteiger charge is -2.20. The van der Waals surface area contributed by atoms with Gasteiger partial charge >= 0.3 is 0 Å². The third-order valence-corrected chi connectivity index (χ3v) is 6.71. The normalized spacial score (nSPS) is 12.3. The number of imidazole rings is 1. The van der Waals surface area contributed by atoms with E-state index in [0.29, 0.717) is 5.92 Å². The maximum Gasteiger partial charge on any atom is 0.122 e. The summed E-state index contributed by atoms with van der Waals surface area (Å²) in [6, 6.07) is 39.1. The summed E-state index contributed by atoms with van der Waals surface area (Å²) in [6.07, 6.45) is 1.16. The summed E-state index contributed by atoms with van der Waals surface area (Å²) in [5.41, 5.74) is 7.44. The van der Waals surface area contributed by atoms with Crippen LogP contribution in [0.2, 0.25) is 0 Å². The van der Waals surface area contributed by atoms with E-state index in [9.17, 15) is 0 Å². The Morgan fingerprint density at radius 1 is 0.667 bits per heavy atom. The second-order valence-electron chi connectivity index (χ2n) is 8.85. The third-order valence-electron chi connectivity index (χ3n) is 6.71. The monoisotopic (exact) mass is 430 g/mol. The molecule has 0 N–H and O–H groups in total. The molecular weight excluding hydrogens is 400 g/mol. The smallest absolute Gasteiger partial charge is 0.122 e. The molecule has 5 aromatic rings. The predicted octanol–water partition coefficient (Wildman–Crippen LogP) is 7.78. The van der Waals surface area contributed by atoms with Crippen LogP contribution in [0.25, 0.3) is 11.0 Å². The molecule has 5 rings (SSSR count). The van der Waals surface area contributed by atoms with Gasteiger partial charge in [0.15, 0.2) is 0 Å². The lowest BCUT2D eigenvalue weighted by Crippen LogP contribution is -2.13. The Bertz CT molecular complexity index is 1280. The van der Waals surface area contributed by atoms with Crippen LogP contribution in [0.1, 0.15) is 60.2 Å². The van der Waals surface area contributed by atoms with E-state index in [2.05, 4.69) is 128 Å². The van der Waals surface area contributed by atoms with Gasteiger partial charge in [-0.1, -0.05) is 111 Å². The molecular formula is C31H30N2. The summed E-state index contributed by atoms with van der Waals surface area (Å²) in [7, 11) is 0. The summed E-state index contributed by atoms with van der Waals surface area (Å²) in [5, 5.41) is 0. The Morgan fingerprint density at radius 2 is 1.24 bits per heavy atom. The van der Waals surface area contributed by atoms with Gasteiger partial charge in [0.25, 0.3) is 0 Å². The quantitative estimate of drug-likeness (QED) is 0.258. The molecule has 1 aromatic heterocycles. The van der Waals surface area contributed by atoms with Crippen molar-refractivity contribution < 1.29 is 0 Å². The van der Waals surface area contributed by atoms with Gasteiger partial charge in [0, 0.05) is 6.54 Å². The fourth-order valence-electron chi connectivity index (χ4n) is 4.63. The highest BCUT2D eigenvalue weighted by Crippen LogP contribution is 2.34. The minimum Gasteiger partial charge on any atom is -0.323 e. The first-order valence-electron chi connectivity index (χ1n) is 11.9. The number of fused-ring (bicyclic) bond motifs is 1. The van der Waals surface area contributed by atoms with Gasteiger partial charge in [-0.25, -0.2) is 4.98 Å². The number of rotatable bonds is 7. The fraction of sp³-hybridized carbons (Fsp3) is 0.194. The standard InChI is InChI=1S/C31H30N2/c1-3-23(2)25-20-18-24(19-21-25)22-33-29-17-11-10-16-28(29)32-31(33)30(26-12-6-4-7-13-26)27-14-8-5-9-15-27/h4-21,23,30H,3,22H2,1-2H3. The Hall–Kier alpha value is -3.65. The van der Waals surface area contributed by atoms with Crippen LogP contribution in [0.5, 0.6) is 0 Å². The maximum absolute atomic E-state index is 5.18. The summed E-state index contributed by atoms with van der Waals surface area (Å²) >= 11 is 0. The molecule has 2 nitrogen and oxygen atoms in total. The van der Waals surface area contributed by atoms with Crippen molar-refractivity contribution in [2.45, 2.75) is 38.6 Å². The van der Waals surface area contributed by atoms with Crippen LogP contribution in [-0.4, -0.2) is 9.55 Å². The molecule has 2 heteroatoms. The van der Waals surface area contributed by atoms with Crippen LogP contribution in [0.15, 0.2) is 109 Å². The van der Waals surface area contributed by atoms with Gasteiger partial charge in [-0.05, 0) is 46.7 Å². The molecule has 1 atom stereocenters. The van der Waals surface area contributed by atoms with Crippen molar-refractivity contribution in [3.8, 4) is 0 Å². The lowest BCUT2D eigenvalue weighted by atomic mass is 9.90. The second-order valence-corrected chi connectivity index (χ2v) is 8.85. The average molecular weight is 431 g/mol. The van der Waals surface area contributed by atoms with Crippen LogP contribution in [0.3, 0.4) is 0 Å². The zero-order chi connectivity index (χ0) is 22.6. The third kappa shape index (κ3) is 4.34. The number of benzene rings is 4. The van der Waals surface area contributed by atoms with Crippen molar-refractivity contribution in [1.29, 1.82) is 0 Å². The average Bonchev–Trinajstić information content (AvgIpc) is 3.23. The first-order valence-corrected chi connectivity index (χ1v) is 11.9. The van der Waals surface area contributed by atoms with Crippen molar-refractivity contribution in [1.82, 2.24) is 9.55 Å². The van der Waals surface area contributed by atoms with Crippen LogP contribution in [0.4, 0.5) is 0 Å². The van der Waals surface area contributed by atoms with E-state index in [1.807, 2.05) is 0 Å². The molecule has 0 fully saturated rings. The molecule has 0 bridgehead atoms. The van der Waals surface area contributed by atoms with Crippen LogP contribution >= 0.6 is 0 Å². The van der Waals surface area contributed by atoms with Crippen LogP contribution < -0.4 is 0 Å². The molecule has 0 radical (unpaired) electrons. The fourth-order valence-corrected chi connectivity index (χ4v) is 4.63. The predicted molar refractivity (Wildman–Crippen MR) is 138 cm³/mol. The summed E-state index contributed by atoms with van der Waals surface area (Å²) in [5.74, 6) is 1.74. The molecule has 4 aromatic carbocycles. The molecule has 1 heterocycles. The minimum absolute atomic E-state index is 0.0687. The van der Waals surface area contributed by atoms with Crippen molar-refractivity contribution in [3.05, 3.63) is 137 Å². The first-order chi connectivity index (χ1) is 16.2. The highest BCUT2D eigenvalue weighted by molar-refractivity contribution is 5.76. The molecule has 33 heavy (non-hydrogen) atoms. The Morgan fingerprint density at radius 3 is 1.85 bits per heavy atom. The molecule has 164 valence electrons. The van der Waals surface area contributed by atoms with Crippen LogP contribution in [-0.2, 0) is 6.54 Å². The summed E-state index contributed by atoms with van der Waals surface area (Å²) < 4.78 is 2.40. The van der Waals surface area contributed by atoms with Gasteiger partial charge in [0.1, 0.15) is 5.82 Å². The Balaban J connectivity index is 1.64. The highest BCUT2D eigenvalue weighted by atomic mass is 15.1. The van der Waals surface area contributed by atoms with E-state index in [-0.39, 0.29) is 5.92 Å². The first kappa shape index (κ1) is 21.2. The van der Waals surface area contributed by atoms with Crippen molar-refractivity contribution in [2.24, 2.45) is 0 Å². The molecule has 0 spiro atoms. The Labute approximate surface area is 196 Å². The largest absolute Gasteiger partial charge is 0.323 e. The number of hydrogen-bond donors (Lipinski definition) is 0. The molecule has 0 aliphatic carbocycles. The topological polar surface area (TPSA) is 17.8 Å². The van der Waals surface area contributed by atoms with Gasteiger partial charge in [-0.2, -0.15) is 0 Å². The van der Waals surface area contributed by atoms with Crippen molar-refractivity contribution >= 4 is 11.0 Å². The van der Waals surface area contributed by atoms with Crippen molar-refractivity contribution in [2.75, 3.05) is 0 Å². The van der Waals surface area contributed by atoms with E-state index < -0.39 is 0 Å². The number of nitrogens with zero attached hydrogens (tertiary/aromatic N) is 2. The molecule has 0 saturated carbocycles. The zero-order valence-electron chi connectivity index (χ0n) is 19.4. The lowest BCUT2D eigenvalue weighted by molar-refractivity contribution is 0.717. The van der Waals surface area contributed by atoms with Gasteiger partial charge in [-0.15, -0.1) is 0 Å². The van der Waals surface area contributed by atoms with E-state index in [4.69, 9.17) is 4.98 Å². The van der Waals surface area contributed by atoms with Gasteiger partial charge in [-0.3, -0.25) is 0 Å². The van der Waals surface area contributed by atoms with Crippen molar-refractivity contribution in [3.63, 3.8) is 0 Å². The highest BCUT2D eigenvalue weighted by Gasteiger charge is 2.24. The number of aromatic nitrogens is 2. The van der Waals surface area contributed by atoms with Gasteiger partial charge in [0.2, 0.25) is 0 Å². The van der Waals surface area contributed by atoms with Gasteiger partial charge in [0.05, 0.1) is 17.0 Å². The summed E-state index contributed by atoms with van der Waals surface area (Å²) in [6.45, 7) is 5.34. The van der Waals surface area contributed by atoms with E-state index in [1.54, 1.807) is 0 Å². The maximum atomic E-state index is 5.18. The van der Waals surface area contributed by atoms with Crippen LogP contribution in [0, 0.1) is 0 Å². The van der Waals surface area contributed by atoms with Gasteiger partial charge < -0.3 is 4.57 Å². The molecule has 0 aliphatic rings. The van der Waals surface area contributed by atoms with E-state index in [1.165, 1.54) is 27.8 Å². The molecule has 1 unspecified atom stereocenters.